The molecule has 9 nitrogen and oxygen atoms in total. The highest BCUT2D eigenvalue weighted by Gasteiger charge is 2.25. The average Bonchev–Trinajstić information content (AvgIpc) is 3.13. The van der Waals surface area contributed by atoms with E-state index < -0.39 is 29.9 Å². The van der Waals surface area contributed by atoms with Crippen LogP contribution >= 0.6 is 0 Å². The number of hydrogen-bond donors (Lipinski definition) is 5. The molecule has 9 heteroatoms. The van der Waals surface area contributed by atoms with Crippen molar-refractivity contribution in [2.45, 2.75) is 19.1 Å². The third kappa shape index (κ3) is 5.18. The summed E-state index contributed by atoms with van der Waals surface area (Å²) in [6.07, 6.45) is -1.20. The zero-order valence-electron chi connectivity index (χ0n) is 14.2. The molecule has 1 aromatic heterocycles. The monoisotopic (exact) mass is 371 g/mol. The number of hydroxylamine groups is 1. The topological polar surface area (TPSA) is 155 Å². The van der Waals surface area contributed by atoms with Gasteiger partial charge < -0.3 is 20.6 Å². The summed E-state index contributed by atoms with van der Waals surface area (Å²) in [7, 11) is 0. The molecule has 27 heavy (non-hydrogen) atoms. The Balaban J connectivity index is 2.08. The van der Waals surface area contributed by atoms with E-state index in [0.717, 1.165) is 0 Å². The highest BCUT2D eigenvalue weighted by atomic mass is 16.5. The molecule has 0 saturated heterocycles. The van der Waals surface area contributed by atoms with Crippen LogP contribution in [0.3, 0.4) is 0 Å². The molecule has 2 aromatic rings. The summed E-state index contributed by atoms with van der Waals surface area (Å²) < 4.78 is 5.13. The van der Waals surface area contributed by atoms with Crippen molar-refractivity contribution in [3.05, 3.63) is 59.0 Å². The first-order valence-electron chi connectivity index (χ1n) is 7.76. The Hall–Kier alpha value is -3.61. The second-order valence-electron chi connectivity index (χ2n) is 5.52. The molecule has 0 unspecified atom stereocenters. The standard InChI is InChI=1S/C18H17N3O6/c1-10(22)15(18(25)21-26)20-17(24)12-5-2-11(3-6-12)4-7-13-8-9-14(27-13)16(19)23/h2-3,5-6,8-10,15,22,26H,1H3,(H2,19,23)(H,20,24)(H,21,25)/t10-,15-/m0/s1. The molecular weight excluding hydrogens is 354 g/mol. The molecule has 1 aromatic carbocycles. The van der Waals surface area contributed by atoms with Gasteiger partial charge in [-0.3, -0.25) is 19.6 Å². The summed E-state index contributed by atoms with van der Waals surface area (Å²) in [6, 6.07) is 7.73. The Labute approximate surface area is 154 Å². The van der Waals surface area contributed by atoms with Gasteiger partial charge in [0, 0.05) is 11.1 Å². The number of hydrogen-bond acceptors (Lipinski definition) is 6. The van der Waals surface area contributed by atoms with E-state index in [9.17, 15) is 19.5 Å². The zero-order chi connectivity index (χ0) is 20.0. The minimum absolute atomic E-state index is 0.00546. The third-order valence-electron chi connectivity index (χ3n) is 3.49. The summed E-state index contributed by atoms with van der Waals surface area (Å²) >= 11 is 0. The SMILES string of the molecule is C[C@H](O)[C@H](NC(=O)c1ccc(C#Cc2ccc(C(N)=O)o2)cc1)C(=O)NO. The Morgan fingerprint density at radius 3 is 2.30 bits per heavy atom. The maximum absolute atomic E-state index is 12.2. The number of rotatable bonds is 5. The molecule has 0 saturated carbocycles. The van der Waals surface area contributed by atoms with Crippen LogP contribution in [0.4, 0.5) is 0 Å². The van der Waals surface area contributed by atoms with E-state index in [4.69, 9.17) is 15.4 Å². The molecule has 6 N–H and O–H groups in total. The summed E-state index contributed by atoms with van der Waals surface area (Å²) in [5.41, 5.74) is 7.27. The molecule has 0 aliphatic heterocycles. The molecule has 3 amide bonds. The van der Waals surface area contributed by atoms with Crippen LogP contribution in [0.2, 0.25) is 0 Å². The molecule has 0 radical (unpaired) electrons. The molecule has 0 bridgehead atoms. The van der Waals surface area contributed by atoms with E-state index in [2.05, 4.69) is 17.2 Å². The molecule has 0 aliphatic rings. The highest BCUT2D eigenvalue weighted by Crippen LogP contribution is 2.08. The number of nitrogens with one attached hydrogen (secondary N) is 2. The number of aliphatic hydroxyl groups excluding tert-OH is 1. The quantitative estimate of drug-likeness (QED) is 0.278. The fourth-order valence-corrected chi connectivity index (χ4v) is 2.08. The molecule has 140 valence electrons. The number of aliphatic hydroxyl groups is 1. The van der Waals surface area contributed by atoms with Crippen molar-refractivity contribution in [3.63, 3.8) is 0 Å². The molecule has 0 fully saturated rings. The minimum Gasteiger partial charge on any atom is -0.443 e. The lowest BCUT2D eigenvalue weighted by atomic mass is 10.1. The molecule has 1 heterocycles. The van der Waals surface area contributed by atoms with E-state index in [1.807, 2.05) is 0 Å². The molecule has 0 aliphatic carbocycles. The Morgan fingerprint density at radius 1 is 1.11 bits per heavy atom. The van der Waals surface area contributed by atoms with Crippen molar-refractivity contribution in [2.75, 3.05) is 0 Å². The zero-order valence-corrected chi connectivity index (χ0v) is 14.2. The van der Waals surface area contributed by atoms with Crippen molar-refractivity contribution in [2.24, 2.45) is 5.73 Å². The smallest absolute Gasteiger partial charge is 0.284 e. The van der Waals surface area contributed by atoms with E-state index in [0.29, 0.717) is 5.56 Å². The van der Waals surface area contributed by atoms with Gasteiger partial charge in [-0.15, -0.1) is 0 Å². The number of nitrogens with two attached hydrogens (primary N) is 1. The average molecular weight is 371 g/mol. The van der Waals surface area contributed by atoms with Crippen LogP contribution in [0, 0.1) is 11.8 Å². The molecule has 0 spiro atoms. The minimum atomic E-state index is -1.31. The molecular formula is C18H17N3O6. The normalized spacial score (nSPS) is 12.3. The van der Waals surface area contributed by atoms with E-state index in [1.165, 1.54) is 36.7 Å². The highest BCUT2D eigenvalue weighted by molar-refractivity contribution is 5.97. The van der Waals surface area contributed by atoms with Gasteiger partial charge in [0.2, 0.25) is 0 Å². The maximum Gasteiger partial charge on any atom is 0.284 e. The summed E-state index contributed by atoms with van der Waals surface area (Å²) in [5.74, 6) is 3.55. The number of benzene rings is 1. The first-order valence-corrected chi connectivity index (χ1v) is 7.76. The second kappa shape index (κ2) is 8.66. The van der Waals surface area contributed by atoms with E-state index in [-0.39, 0.29) is 17.1 Å². The van der Waals surface area contributed by atoms with Crippen molar-refractivity contribution in [1.82, 2.24) is 10.8 Å². The third-order valence-corrected chi connectivity index (χ3v) is 3.49. The van der Waals surface area contributed by atoms with Gasteiger partial charge in [0.05, 0.1) is 6.10 Å². The van der Waals surface area contributed by atoms with Gasteiger partial charge in [-0.2, -0.15) is 0 Å². The van der Waals surface area contributed by atoms with Crippen LogP contribution < -0.4 is 16.5 Å². The summed E-state index contributed by atoms with van der Waals surface area (Å²) in [5, 5.41) is 20.5. The summed E-state index contributed by atoms with van der Waals surface area (Å²) in [6.45, 7) is 1.30. The van der Waals surface area contributed by atoms with Crippen molar-refractivity contribution >= 4 is 17.7 Å². The van der Waals surface area contributed by atoms with Crippen molar-refractivity contribution < 1.29 is 29.1 Å². The lowest BCUT2D eigenvalue weighted by Crippen LogP contribution is -2.51. The van der Waals surface area contributed by atoms with Gasteiger partial charge in [-0.25, -0.2) is 5.48 Å². The van der Waals surface area contributed by atoms with Gasteiger partial charge >= 0.3 is 0 Å². The maximum atomic E-state index is 12.2. The number of carbonyl (C=O) groups excluding carboxylic acids is 3. The van der Waals surface area contributed by atoms with Crippen LogP contribution in [-0.4, -0.2) is 40.2 Å². The van der Waals surface area contributed by atoms with Crippen LogP contribution in [-0.2, 0) is 4.79 Å². The van der Waals surface area contributed by atoms with Gasteiger partial charge in [0.15, 0.2) is 11.5 Å². The number of primary amides is 1. The van der Waals surface area contributed by atoms with Crippen molar-refractivity contribution in [3.8, 4) is 11.8 Å². The van der Waals surface area contributed by atoms with Crippen LogP contribution in [0.15, 0.2) is 40.8 Å². The first-order chi connectivity index (χ1) is 12.8. The van der Waals surface area contributed by atoms with E-state index in [1.54, 1.807) is 12.1 Å². The Kier molecular flexibility index (Phi) is 6.32. The van der Waals surface area contributed by atoms with E-state index >= 15 is 0 Å². The van der Waals surface area contributed by atoms with Gasteiger partial charge in [0.1, 0.15) is 6.04 Å². The largest absolute Gasteiger partial charge is 0.443 e. The second-order valence-corrected chi connectivity index (χ2v) is 5.52. The predicted molar refractivity (Wildman–Crippen MR) is 92.5 cm³/mol. The Bertz CT molecular complexity index is 905. The molecule has 2 atom stereocenters. The lowest BCUT2D eigenvalue weighted by molar-refractivity contribution is -0.133. The fourth-order valence-electron chi connectivity index (χ4n) is 2.08. The number of furan rings is 1. The van der Waals surface area contributed by atoms with Gasteiger partial charge in [0.25, 0.3) is 17.7 Å². The predicted octanol–water partition coefficient (Wildman–Crippen LogP) is -0.237. The fraction of sp³-hybridized carbons (Fsp3) is 0.167. The van der Waals surface area contributed by atoms with Crippen LogP contribution in [0.25, 0.3) is 0 Å². The van der Waals surface area contributed by atoms with Gasteiger partial charge in [-0.05, 0) is 49.2 Å². The van der Waals surface area contributed by atoms with Crippen LogP contribution in [0.1, 0.15) is 39.2 Å². The van der Waals surface area contributed by atoms with Gasteiger partial charge in [-0.1, -0.05) is 5.92 Å². The Morgan fingerprint density at radius 2 is 1.78 bits per heavy atom. The van der Waals surface area contributed by atoms with Crippen molar-refractivity contribution in [1.29, 1.82) is 0 Å². The first kappa shape index (κ1) is 19.7. The molecule has 2 rings (SSSR count). The summed E-state index contributed by atoms with van der Waals surface area (Å²) in [4.78, 5) is 34.6. The number of amides is 3. The number of carbonyl (C=O) groups is 3. The lowest BCUT2D eigenvalue weighted by Gasteiger charge is -2.19. The van der Waals surface area contributed by atoms with Crippen LogP contribution in [0.5, 0.6) is 0 Å².